The Labute approximate surface area is 105 Å². The van der Waals surface area contributed by atoms with Crippen LogP contribution in [0.25, 0.3) is 0 Å². The van der Waals surface area contributed by atoms with Gasteiger partial charge < -0.3 is 5.32 Å². The molecule has 0 aromatic heterocycles. The third-order valence-corrected chi connectivity index (χ3v) is 3.67. The molecule has 1 N–H and O–H groups in total. The molecule has 0 bridgehead atoms. The molecule has 18 heavy (non-hydrogen) atoms. The van der Waals surface area contributed by atoms with E-state index in [0.29, 0.717) is 16.8 Å². The van der Waals surface area contributed by atoms with Crippen molar-refractivity contribution in [1.82, 2.24) is 0 Å². The molecule has 0 aliphatic carbocycles. The van der Waals surface area contributed by atoms with Crippen LogP contribution in [0.1, 0.15) is 19.4 Å². The summed E-state index contributed by atoms with van der Waals surface area (Å²) in [5, 5.41) is 3.26. The lowest BCUT2D eigenvalue weighted by atomic mass is 10.1. The van der Waals surface area contributed by atoms with Gasteiger partial charge in [0.25, 0.3) is 11.8 Å². The molecule has 0 saturated heterocycles. The Morgan fingerprint density at radius 1 is 1.11 bits per heavy atom. The van der Waals surface area contributed by atoms with Crippen LogP contribution in [0.4, 0.5) is 11.4 Å². The third kappa shape index (κ3) is 1.38. The van der Waals surface area contributed by atoms with Crippen LogP contribution < -0.4 is 10.2 Å². The Morgan fingerprint density at radius 2 is 1.78 bits per heavy atom. The number of amides is 2. The number of hydrogen-bond donors (Lipinski definition) is 1. The highest BCUT2D eigenvalue weighted by Gasteiger charge is 2.34. The smallest absolute Gasteiger partial charge is 0.261 e. The lowest BCUT2D eigenvalue weighted by molar-refractivity contribution is -0.120. The Morgan fingerprint density at radius 3 is 2.44 bits per heavy atom. The highest BCUT2D eigenvalue weighted by molar-refractivity contribution is 6.32. The van der Waals surface area contributed by atoms with Crippen molar-refractivity contribution in [3.63, 3.8) is 0 Å². The van der Waals surface area contributed by atoms with Gasteiger partial charge in [-0.15, -0.1) is 0 Å². The van der Waals surface area contributed by atoms with Gasteiger partial charge in [-0.3, -0.25) is 9.59 Å². The van der Waals surface area contributed by atoms with E-state index in [1.165, 1.54) is 4.90 Å². The predicted octanol–water partition coefficient (Wildman–Crippen LogP) is 1.86. The van der Waals surface area contributed by atoms with Crippen molar-refractivity contribution in [2.75, 3.05) is 16.8 Å². The molecular formula is C14H14N2O2. The van der Waals surface area contributed by atoms with Crippen LogP contribution >= 0.6 is 0 Å². The molecule has 1 aromatic rings. The average Bonchev–Trinajstić information content (AvgIpc) is 2.90. The minimum atomic E-state index is -0.205. The maximum Gasteiger partial charge on any atom is 0.261 e. The van der Waals surface area contributed by atoms with Gasteiger partial charge in [0.2, 0.25) is 0 Å². The molecule has 0 radical (unpaired) electrons. The quantitative estimate of drug-likeness (QED) is 0.765. The molecule has 0 atom stereocenters. The summed E-state index contributed by atoms with van der Waals surface area (Å²) in [4.78, 5) is 25.4. The molecule has 4 heteroatoms. The Balaban J connectivity index is 2.02. The summed E-state index contributed by atoms with van der Waals surface area (Å²) in [5.74, 6) is -0.410. The van der Waals surface area contributed by atoms with E-state index in [2.05, 4.69) is 5.32 Å². The Kier molecular flexibility index (Phi) is 2.26. The van der Waals surface area contributed by atoms with Crippen LogP contribution in [0.3, 0.4) is 0 Å². The van der Waals surface area contributed by atoms with Gasteiger partial charge in [-0.2, -0.15) is 0 Å². The highest BCUT2D eigenvalue weighted by atomic mass is 16.2. The molecule has 0 unspecified atom stereocenters. The Hall–Kier alpha value is -2.10. The molecule has 2 heterocycles. The first-order chi connectivity index (χ1) is 8.59. The van der Waals surface area contributed by atoms with Gasteiger partial charge in [0.1, 0.15) is 0 Å². The zero-order valence-electron chi connectivity index (χ0n) is 10.4. The normalized spacial score (nSPS) is 18.4. The van der Waals surface area contributed by atoms with Crippen LogP contribution in [0.2, 0.25) is 0 Å². The number of carbonyl (C=O) groups excluding carboxylic acids is 2. The molecule has 2 amide bonds. The van der Waals surface area contributed by atoms with E-state index in [0.717, 1.165) is 24.2 Å². The van der Waals surface area contributed by atoms with Crippen LogP contribution in [-0.2, 0) is 16.0 Å². The lowest BCUT2D eigenvalue weighted by Crippen LogP contribution is -2.31. The minimum Gasteiger partial charge on any atom is -0.384 e. The number of benzene rings is 1. The molecule has 2 aliphatic rings. The number of rotatable bonds is 1. The standard InChI is InChI=1S/C14H14N2O2/c1-8-9(2)14(18)16(13(8)17)11-3-4-12-10(7-11)5-6-15-12/h3-4,7,15H,5-6H2,1-2H3. The molecule has 0 fully saturated rings. The number of nitrogens with zero attached hydrogens (tertiary/aromatic N) is 1. The first kappa shape index (κ1) is 11.0. The second-order valence-electron chi connectivity index (χ2n) is 4.71. The summed E-state index contributed by atoms with van der Waals surface area (Å²) in [6.07, 6.45) is 0.935. The molecule has 2 aliphatic heterocycles. The van der Waals surface area contributed by atoms with E-state index in [4.69, 9.17) is 0 Å². The fraction of sp³-hybridized carbons (Fsp3) is 0.286. The number of imide groups is 1. The molecule has 92 valence electrons. The fourth-order valence-corrected chi connectivity index (χ4v) is 2.41. The van der Waals surface area contributed by atoms with Crippen molar-refractivity contribution in [3.05, 3.63) is 34.9 Å². The topological polar surface area (TPSA) is 49.4 Å². The lowest BCUT2D eigenvalue weighted by Gasteiger charge is -2.16. The number of carbonyl (C=O) groups is 2. The second-order valence-corrected chi connectivity index (χ2v) is 4.71. The van der Waals surface area contributed by atoms with Gasteiger partial charge in [-0.1, -0.05) is 0 Å². The van der Waals surface area contributed by atoms with Crippen molar-refractivity contribution in [3.8, 4) is 0 Å². The van der Waals surface area contributed by atoms with E-state index in [1.807, 2.05) is 18.2 Å². The van der Waals surface area contributed by atoms with Gasteiger partial charge in [0, 0.05) is 23.4 Å². The summed E-state index contributed by atoms with van der Waals surface area (Å²) < 4.78 is 0. The van der Waals surface area contributed by atoms with E-state index < -0.39 is 0 Å². The monoisotopic (exact) mass is 242 g/mol. The SMILES string of the molecule is CC1=C(C)C(=O)N(c2ccc3c(c2)CCN3)C1=O. The van der Waals surface area contributed by atoms with Gasteiger partial charge >= 0.3 is 0 Å². The summed E-state index contributed by atoms with van der Waals surface area (Å²) in [5.41, 5.74) is 4.01. The van der Waals surface area contributed by atoms with E-state index >= 15 is 0 Å². The maximum atomic E-state index is 12.1. The zero-order chi connectivity index (χ0) is 12.9. The molecular weight excluding hydrogens is 228 g/mol. The van der Waals surface area contributed by atoms with E-state index in [9.17, 15) is 9.59 Å². The zero-order valence-corrected chi connectivity index (χ0v) is 10.4. The largest absolute Gasteiger partial charge is 0.384 e. The van der Waals surface area contributed by atoms with Crippen molar-refractivity contribution in [1.29, 1.82) is 0 Å². The predicted molar refractivity (Wildman–Crippen MR) is 69.5 cm³/mol. The van der Waals surface area contributed by atoms with Crippen molar-refractivity contribution < 1.29 is 9.59 Å². The van der Waals surface area contributed by atoms with Gasteiger partial charge in [-0.05, 0) is 44.0 Å². The first-order valence-electron chi connectivity index (χ1n) is 6.02. The van der Waals surface area contributed by atoms with Crippen LogP contribution in [0.5, 0.6) is 0 Å². The van der Waals surface area contributed by atoms with Crippen molar-refractivity contribution in [2.24, 2.45) is 0 Å². The summed E-state index contributed by atoms with van der Waals surface area (Å²) >= 11 is 0. The highest BCUT2D eigenvalue weighted by Crippen LogP contribution is 2.31. The Bertz CT molecular complexity index is 578. The van der Waals surface area contributed by atoms with Crippen LogP contribution in [0.15, 0.2) is 29.3 Å². The van der Waals surface area contributed by atoms with E-state index in [-0.39, 0.29) is 11.8 Å². The summed E-state index contributed by atoms with van der Waals surface area (Å²) in [6.45, 7) is 4.31. The minimum absolute atomic E-state index is 0.205. The first-order valence-corrected chi connectivity index (χ1v) is 6.02. The summed E-state index contributed by atoms with van der Waals surface area (Å²) in [6, 6.07) is 5.68. The van der Waals surface area contributed by atoms with Crippen molar-refractivity contribution in [2.45, 2.75) is 20.3 Å². The molecule has 0 saturated carbocycles. The van der Waals surface area contributed by atoms with Crippen LogP contribution in [-0.4, -0.2) is 18.4 Å². The third-order valence-electron chi connectivity index (χ3n) is 3.67. The average molecular weight is 242 g/mol. The molecule has 3 rings (SSSR count). The van der Waals surface area contributed by atoms with Crippen LogP contribution in [0, 0.1) is 0 Å². The number of fused-ring (bicyclic) bond motifs is 1. The van der Waals surface area contributed by atoms with Gasteiger partial charge in [0.15, 0.2) is 0 Å². The fourth-order valence-electron chi connectivity index (χ4n) is 2.41. The molecule has 1 aromatic carbocycles. The van der Waals surface area contributed by atoms with Crippen molar-refractivity contribution >= 4 is 23.2 Å². The van der Waals surface area contributed by atoms with Gasteiger partial charge in [-0.25, -0.2) is 4.90 Å². The number of nitrogens with one attached hydrogen (secondary N) is 1. The number of hydrogen-bond acceptors (Lipinski definition) is 3. The maximum absolute atomic E-state index is 12.1. The molecule has 4 nitrogen and oxygen atoms in total. The number of anilines is 2. The van der Waals surface area contributed by atoms with E-state index in [1.54, 1.807) is 13.8 Å². The van der Waals surface area contributed by atoms with Gasteiger partial charge in [0.05, 0.1) is 5.69 Å². The summed E-state index contributed by atoms with van der Waals surface area (Å²) in [7, 11) is 0. The second kappa shape index (κ2) is 3.70. The molecule has 0 spiro atoms.